The Morgan fingerprint density at radius 1 is 0.400 bits per heavy atom. The fraction of sp³-hybridized carbons (Fsp3) is 0.0588. The van der Waals surface area contributed by atoms with Gasteiger partial charge in [-0.05, 0) is 93.7 Å². The second kappa shape index (κ2) is 10.7. The van der Waals surface area contributed by atoms with Crippen molar-refractivity contribution in [1.29, 1.82) is 0 Å². The minimum atomic E-state index is 0.857. The average molecular weight is 593 g/mol. The highest BCUT2D eigenvalue weighted by atomic mass is 32.1. The predicted octanol–water partition coefficient (Wildman–Crippen LogP) is 10.8. The number of benzene rings is 2. The lowest BCUT2D eigenvalue weighted by Crippen LogP contribution is -2.09. The third-order valence-corrected chi connectivity index (χ3v) is 11.3. The molecule has 7 rings (SSSR count). The van der Waals surface area contributed by atoms with Crippen LogP contribution in [0.1, 0.15) is 20.9 Å². The first-order valence-electron chi connectivity index (χ1n) is 12.8. The molecule has 0 spiro atoms. The van der Waals surface area contributed by atoms with Gasteiger partial charge in [0.15, 0.2) is 0 Å². The van der Waals surface area contributed by atoms with Gasteiger partial charge in [-0.25, -0.2) is 0 Å². The standard InChI is InChI=1S/C34H24O2S4/c1-35-23-11-7-21(8-12-23)31-32(22-9-13-24(36-2)14-10-22)34(30-18-16-28(40-30)26-6-4-20-38-26)33(31)29-17-15-27(39-29)25-5-3-19-37-25/h3-20H,1-2H3. The average Bonchev–Trinajstić information content (AvgIpc) is 3.81. The number of methoxy groups -OCH3 is 2. The summed E-state index contributed by atoms with van der Waals surface area (Å²) in [6.45, 7) is 0. The number of thiophene rings is 4. The van der Waals surface area contributed by atoms with Crippen molar-refractivity contribution in [3.63, 3.8) is 0 Å². The summed E-state index contributed by atoms with van der Waals surface area (Å²) < 4.78 is 11.0. The van der Waals surface area contributed by atoms with Crippen LogP contribution in [-0.2, 0) is 0 Å². The Balaban J connectivity index is 1.44. The molecule has 40 heavy (non-hydrogen) atoms. The molecule has 1 aliphatic carbocycles. The molecule has 0 aliphatic heterocycles. The molecule has 196 valence electrons. The van der Waals surface area contributed by atoms with Gasteiger partial charge in [-0.2, -0.15) is 0 Å². The van der Waals surface area contributed by atoms with Crippen LogP contribution in [0.3, 0.4) is 0 Å². The fourth-order valence-electron chi connectivity index (χ4n) is 5.07. The molecular formula is C34H24O2S4. The summed E-state index contributed by atoms with van der Waals surface area (Å²) in [6, 6.07) is 34.6. The summed E-state index contributed by atoms with van der Waals surface area (Å²) in [5.74, 6) is 1.71. The zero-order chi connectivity index (χ0) is 27.1. The highest BCUT2D eigenvalue weighted by molar-refractivity contribution is 7.23. The third kappa shape index (κ3) is 4.47. The van der Waals surface area contributed by atoms with Gasteiger partial charge in [-0.3, -0.25) is 0 Å². The summed E-state index contributed by atoms with van der Waals surface area (Å²) in [5, 5.41) is 4.29. The first-order chi connectivity index (χ1) is 19.7. The SMILES string of the molecule is COc1ccc(C2=C(c3ccc(OC)cc3)C(c3ccc(-c4cccs4)s3)=C2c2ccc(-c3cccs3)s2)cc1. The highest BCUT2D eigenvalue weighted by Crippen LogP contribution is 2.59. The van der Waals surface area contributed by atoms with E-state index in [1.54, 1.807) is 36.9 Å². The number of rotatable bonds is 8. The van der Waals surface area contributed by atoms with E-state index in [0.717, 1.165) is 11.5 Å². The topological polar surface area (TPSA) is 18.5 Å². The van der Waals surface area contributed by atoms with Crippen LogP contribution in [0.5, 0.6) is 11.5 Å². The predicted molar refractivity (Wildman–Crippen MR) is 175 cm³/mol. The molecule has 1 aliphatic rings. The first-order valence-corrected chi connectivity index (χ1v) is 16.2. The lowest BCUT2D eigenvalue weighted by Gasteiger charge is -2.32. The summed E-state index contributed by atoms with van der Waals surface area (Å²) in [4.78, 5) is 7.78. The van der Waals surface area contributed by atoms with Gasteiger partial charge >= 0.3 is 0 Å². The van der Waals surface area contributed by atoms with Gasteiger partial charge in [0.05, 0.1) is 14.2 Å². The molecule has 4 aromatic heterocycles. The molecule has 0 radical (unpaired) electrons. The molecular weight excluding hydrogens is 569 g/mol. The van der Waals surface area contributed by atoms with Crippen molar-refractivity contribution in [3.8, 4) is 31.0 Å². The van der Waals surface area contributed by atoms with Crippen LogP contribution in [0.15, 0.2) is 108 Å². The molecule has 0 saturated heterocycles. The van der Waals surface area contributed by atoms with Crippen molar-refractivity contribution in [2.75, 3.05) is 14.2 Å². The lowest BCUT2D eigenvalue weighted by atomic mass is 9.73. The Kier molecular flexibility index (Phi) is 6.77. The summed E-state index contributed by atoms with van der Waals surface area (Å²) in [6.07, 6.45) is 0. The van der Waals surface area contributed by atoms with Gasteiger partial charge < -0.3 is 9.47 Å². The molecule has 2 aromatic carbocycles. The zero-order valence-corrected chi connectivity index (χ0v) is 25.1. The maximum atomic E-state index is 5.49. The summed E-state index contributed by atoms with van der Waals surface area (Å²) in [7, 11) is 3.42. The minimum Gasteiger partial charge on any atom is -0.497 e. The molecule has 4 heterocycles. The molecule has 0 amide bonds. The second-order valence-electron chi connectivity index (χ2n) is 9.24. The highest BCUT2D eigenvalue weighted by Gasteiger charge is 2.35. The monoisotopic (exact) mass is 592 g/mol. The molecule has 2 nitrogen and oxygen atoms in total. The lowest BCUT2D eigenvalue weighted by molar-refractivity contribution is 0.414. The largest absolute Gasteiger partial charge is 0.497 e. The number of allylic oxidation sites excluding steroid dienone is 4. The maximum Gasteiger partial charge on any atom is 0.118 e. The van der Waals surface area contributed by atoms with Crippen LogP contribution < -0.4 is 9.47 Å². The molecule has 0 bridgehead atoms. The van der Waals surface area contributed by atoms with Gasteiger partial charge in [-0.1, -0.05) is 36.4 Å². The van der Waals surface area contributed by atoms with E-state index in [1.807, 2.05) is 22.7 Å². The molecule has 6 aromatic rings. The number of ether oxygens (including phenoxy) is 2. The van der Waals surface area contributed by atoms with Crippen LogP contribution in [0.2, 0.25) is 0 Å². The molecule has 6 heteroatoms. The number of hydrogen-bond acceptors (Lipinski definition) is 6. The molecule has 0 fully saturated rings. The number of hydrogen-bond donors (Lipinski definition) is 0. The maximum absolute atomic E-state index is 5.49. The Labute approximate surface area is 249 Å². The van der Waals surface area contributed by atoms with Crippen molar-refractivity contribution < 1.29 is 9.47 Å². The van der Waals surface area contributed by atoms with Crippen molar-refractivity contribution in [2.45, 2.75) is 0 Å². The van der Waals surface area contributed by atoms with Crippen LogP contribution in [0.4, 0.5) is 0 Å². The smallest absolute Gasteiger partial charge is 0.118 e. The van der Waals surface area contributed by atoms with E-state index in [0.29, 0.717) is 0 Å². The molecule has 0 saturated carbocycles. The molecule has 0 atom stereocenters. The van der Waals surface area contributed by atoms with E-state index in [2.05, 4.69) is 108 Å². The van der Waals surface area contributed by atoms with E-state index in [4.69, 9.17) is 9.47 Å². The van der Waals surface area contributed by atoms with Gasteiger partial charge in [0.2, 0.25) is 0 Å². The van der Waals surface area contributed by atoms with Crippen LogP contribution in [0.25, 0.3) is 41.8 Å². The van der Waals surface area contributed by atoms with Crippen LogP contribution in [0, 0.1) is 0 Å². The first kappa shape index (κ1) is 25.3. The third-order valence-electron chi connectivity index (χ3n) is 6.99. The Bertz CT molecular complexity index is 1690. The fourth-order valence-corrected chi connectivity index (χ4v) is 8.87. The van der Waals surface area contributed by atoms with Gasteiger partial charge in [-0.15, -0.1) is 45.3 Å². The van der Waals surface area contributed by atoms with Crippen molar-refractivity contribution >= 4 is 67.6 Å². The van der Waals surface area contributed by atoms with Crippen molar-refractivity contribution in [1.82, 2.24) is 0 Å². The van der Waals surface area contributed by atoms with Crippen molar-refractivity contribution in [3.05, 3.63) is 129 Å². The molecule has 0 N–H and O–H groups in total. The van der Waals surface area contributed by atoms with E-state index >= 15 is 0 Å². The van der Waals surface area contributed by atoms with E-state index in [1.165, 1.54) is 62.7 Å². The van der Waals surface area contributed by atoms with Gasteiger partial charge in [0, 0.05) is 40.4 Å². The summed E-state index contributed by atoms with van der Waals surface area (Å²) in [5.41, 5.74) is 7.53. The van der Waals surface area contributed by atoms with Gasteiger partial charge in [0.1, 0.15) is 11.5 Å². The van der Waals surface area contributed by atoms with Crippen LogP contribution in [-0.4, -0.2) is 14.2 Å². The Hall–Kier alpha value is -3.68. The van der Waals surface area contributed by atoms with Gasteiger partial charge in [0.25, 0.3) is 0 Å². The van der Waals surface area contributed by atoms with E-state index in [9.17, 15) is 0 Å². The van der Waals surface area contributed by atoms with E-state index < -0.39 is 0 Å². The second-order valence-corrected chi connectivity index (χ2v) is 13.3. The normalized spacial score (nSPS) is 13.1. The van der Waals surface area contributed by atoms with E-state index in [-0.39, 0.29) is 0 Å². The minimum absolute atomic E-state index is 0.857. The zero-order valence-electron chi connectivity index (χ0n) is 21.8. The quantitative estimate of drug-likeness (QED) is 0.175. The van der Waals surface area contributed by atoms with Crippen LogP contribution >= 0.6 is 45.3 Å². The molecule has 0 unspecified atom stereocenters. The summed E-state index contributed by atoms with van der Waals surface area (Å²) >= 11 is 7.31. The Morgan fingerprint density at radius 2 is 0.800 bits per heavy atom. The Morgan fingerprint density at radius 3 is 1.15 bits per heavy atom. The van der Waals surface area contributed by atoms with Crippen molar-refractivity contribution in [2.24, 2.45) is 0 Å².